The Labute approximate surface area is 96.7 Å². The molecule has 1 N–H and O–H groups in total. The maximum atomic E-state index is 13.6. The Morgan fingerprint density at radius 1 is 1.18 bits per heavy atom. The molecule has 4 nitrogen and oxygen atoms in total. The summed E-state index contributed by atoms with van der Waals surface area (Å²) in [4.78, 5) is 4.06. The van der Waals surface area contributed by atoms with Crippen LogP contribution in [0.3, 0.4) is 0 Å². The number of halogens is 2. The number of benzene rings is 1. The predicted molar refractivity (Wildman–Crippen MR) is 59.5 cm³/mol. The van der Waals surface area contributed by atoms with Gasteiger partial charge in [-0.05, 0) is 25.1 Å². The molecule has 88 valence electrons. The predicted octanol–water partition coefficient (Wildman–Crippen LogP) is 2.17. The topological polar surface area (TPSA) is 50.7 Å². The van der Waals surface area contributed by atoms with E-state index < -0.39 is 11.6 Å². The second-order valence-corrected chi connectivity index (χ2v) is 3.43. The van der Waals surface area contributed by atoms with Gasteiger partial charge in [0.05, 0.1) is 0 Å². The van der Waals surface area contributed by atoms with Gasteiger partial charge in [-0.1, -0.05) is 0 Å². The van der Waals surface area contributed by atoms with E-state index >= 15 is 0 Å². The van der Waals surface area contributed by atoms with Gasteiger partial charge in [0, 0.05) is 12.6 Å². The molecule has 0 aliphatic carbocycles. The van der Waals surface area contributed by atoms with Crippen molar-refractivity contribution in [2.24, 2.45) is 0 Å². The largest absolute Gasteiger partial charge is 0.371 e. The quantitative estimate of drug-likeness (QED) is 0.868. The van der Waals surface area contributed by atoms with Crippen molar-refractivity contribution in [2.75, 3.05) is 12.4 Å². The van der Waals surface area contributed by atoms with Gasteiger partial charge in [0.1, 0.15) is 23.2 Å². The first-order chi connectivity index (χ1) is 8.11. The standard InChI is InChI=1S/C11H10F2N4/c1-6-15-11(14-2)10(17-16-6)8-5-7(12)3-4-9(8)13/h3-5H,1-2H3,(H,14,15,16). The normalized spacial score (nSPS) is 10.4. The van der Waals surface area contributed by atoms with Crippen molar-refractivity contribution in [1.29, 1.82) is 0 Å². The van der Waals surface area contributed by atoms with E-state index in [-0.39, 0.29) is 11.3 Å². The Bertz CT molecular complexity index is 557. The first kappa shape index (κ1) is 11.4. The zero-order valence-electron chi connectivity index (χ0n) is 9.33. The van der Waals surface area contributed by atoms with Crippen LogP contribution in [-0.4, -0.2) is 22.2 Å². The molecule has 1 aromatic carbocycles. The maximum Gasteiger partial charge on any atom is 0.156 e. The van der Waals surface area contributed by atoms with Crippen molar-refractivity contribution in [3.63, 3.8) is 0 Å². The zero-order valence-corrected chi connectivity index (χ0v) is 9.33. The van der Waals surface area contributed by atoms with Crippen molar-refractivity contribution >= 4 is 5.82 Å². The number of nitrogens with zero attached hydrogens (tertiary/aromatic N) is 3. The summed E-state index contributed by atoms with van der Waals surface area (Å²) in [5, 5.41) is 10.4. The molecule has 2 rings (SSSR count). The number of hydrogen-bond acceptors (Lipinski definition) is 4. The van der Waals surface area contributed by atoms with Crippen LogP contribution in [0.15, 0.2) is 18.2 Å². The summed E-state index contributed by atoms with van der Waals surface area (Å²) in [6.07, 6.45) is 0. The Morgan fingerprint density at radius 3 is 2.65 bits per heavy atom. The van der Waals surface area contributed by atoms with Gasteiger partial charge in [0.2, 0.25) is 0 Å². The fraction of sp³-hybridized carbons (Fsp3) is 0.182. The summed E-state index contributed by atoms with van der Waals surface area (Å²) in [6, 6.07) is 3.16. The lowest BCUT2D eigenvalue weighted by Crippen LogP contribution is -2.03. The minimum Gasteiger partial charge on any atom is -0.371 e. The molecule has 0 unspecified atom stereocenters. The SMILES string of the molecule is CNc1nc(C)nnc1-c1cc(F)ccc1F. The van der Waals surface area contributed by atoms with Crippen molar-refractivity contribution < 1.29 is 8.78 Å². The Morgan fingerprint density at radius 2 is 1.94 bits per heavy atom. The second kappa shape index (κ2) is 4.40. The highest BCUT2D eigenvalue weighted by atomic mass is 19.1. The van der Waals surface area contributed by atoms with Gasteiger partial charge in [-0.2, -0.15) is 0 Å². The molecule has 0 aliphatic rings. The molecule has 17 heavy (non-hydrogen) atoms. The lowest BCUT2D eigenvalue weighted by molar-refractivity contribution is 0.602. The molecular formula is C11H10F2N4. The van der Waals surface area contributed by atoms with Gasteiger partial charge >= 0.3 is 0 Å². The van der Waals surface area contributed by atoms with Crippen LogP contribution in [0.1, 0.15) is 5.82 Å². The van der Waals surface area contributed by atoms with Crippen molar-refractivity contribution in [3.05, 3.63) is 35.7 Å². The minimum absolute atomic E-state index is 0.0364. The summed E-state index contributed by atoms with van der Waals surface area (Å²) in [5.41, 5.74) is 0.226. The maximum absolute atomic E-state index is 13.6. The number of aromatic nitrogens is 3. The lowest BCUT2D eigenvalue weighted by atomic mass is 10.1. The van der Waals surface area contributed by atoms with Gasteiger partial charge in [-0.3, -0.25) is 0 Å². The van der Waals surface area contributed by atoms with E-state index in [4.69, 9.17) is 0 Å². The highest BCUT2D eigenvalue weighted by Gasteiger charge is 2.14. The van der Waals surface area contributed by atoms with Crippen LogP contribution in [0.4, 0.5) is 14.6 Å². The number of aryl methyl sites for hydroxylation is 1. The van der Waals surface area contributed by atoms with Gasteiger partial charge < -0.3 is 5.32 Å². The van der Waals surface area contributed by atoms with Crippen LogP contribution in [0, 0.1) is 18.6 Å². The van der Waals surface area contributed by atoms with Gasteiger partial charge in [-0.15, -0.1) is 10.2 Å². The number of nitrogens with one attached hydrogen (secondary N) is 1. The third-order valence-electron chi connectivity index (χ3n) is 2.21. The molecule has 0 spiro atoms. The van der Waals surface area contributed by atoms with Crippen LogP contribution < -0.4 is 5.32 Å². The number of rotatable bonds is 2. The lowest BCUT2D eigenvalue weighted by Gasteiger charge is -2.07. The number of hydrogen-bond donors (Lipinski definition) is 1. The monoisotopic (exact) mass is 236 g/mol. The Balaban J connectivity index is 2.63. The van der Waals surface area contributed by atoms with E-state index in [9.17, 15) is 8.78 Å². The average Bonchev–Trinajstić information content (AvgIpc) is 2.32. The fourth-order valence-electron chi connectivity index (χ4n) is 1.44. The molecule has 1 heterocycles. The highest BCUT2D eigenvalue weighted by molar-refractivity contribution is 5.71. The van der Waals surface area contributed by atoms with Crippen molar-refractivity contribution in [2.45, 2.75) is 6.92 Å². The first-order valence-electron chi connectivity index (χ1n) is 4.96. The van der Waals surface area contributed by atoms with Crippen LogP contribution in [0.25, 0.3) is 11.3 Å². The van der Waals surface area contributed by atoms with E-state index in [0.717, 1.165) is 18.2 Å². The van der Waals surface area contributed by atoms with E-state index in [1.807, 2.05) is 0 Å². The molecule has 0 aliphatic heterocycles. The van der Waals surface area contributed by atoms with Gasteiger partial charge in [0.25, 0.3) is 0 Å². The molecule has 0 fully saturated rings. The van der Waals surface area contributed by atoms with E-state index in [1.54, 1.807) is 14.0 Å². The van der Waals surface area contributed by atoms with Gasteiger partial charge in [0.15, 0.2) is 5.82 Å². The Kier molecular flexibility index (Phi) is 2.95. The van der Waals surface area contributed by atoms with Crippen LogP contribution in [0.5, 0.6) is 0 Å². The number of anilines is 1. The van der Waals surface area contributed by atoms with Crippen LogP contribution >= 0.6 is 0 Å². The summed E-state index contributed by atoms with van der Waals surface area (Å²) < 4.78 is 26.7. The third kappa shape index (κ3) is 2.20. The average molecular weight is 236 g/mol. The smallest absolute Gasteiger partial charge is 0.156 e. The summed E-state index contributed by atoms with van der Waals surface area (Å²) in [7, 11) is 1.63. The van der Waals surface area contributed by atoms with Gasteiger partial charge in [-0.25, -0.2) is 13.8 Å². The summed E-state index contributed by atoms with van der Waals surface area (Å²) in [6.45, 7) is 1.67. The van der Waals surface area contributed by atoms with Crippen molar-refractivity contribution in [1.82, 2.24) is 15.2 Å². The van der Waals surface area contributed by atoms with Crippen molar-refractivity contribution in [3.8, 4) is 11.3 Å². The molecule has 2 aromatic rings. The summed E-state index contributed by atoms with van der Waals surface area (Å²) in [5.74, 6) is -0.286. The molecular weight excluding hydrogens is 226 g/mol. The molecule has 0 bridgehead atoms. The summed E-state index contributed by atoms with van der Waals surface area (Å²) >= 11 is 0. The van der Waals surface area contributed by atoms with E-state index in [2.05, 4.69) is 20.5 Å². The molecule has 6 heteroatoms. The minimum atomic E-state index is -0.567. The second-order valence-electron chi connectivity index (χ2n) is 3.43. The molecule has 0 saturated carbocycles. The van der Waals surface area contributed by atoms with Crippen LogP contribution in [-0.2, 0) is 0 Å². The fourth-order valence-corrected chi connectivity index (χ4v) is 1.44. The molecule has 1 aromatic heterocycles. The molecule has 0 radical (unpaired) electrons. The highest BCUT2D eigenvalue weighted by Crippen LogP contribution is 2.26. The zero-order chi connectivity index (χ0) is 12.4. The molecule has 0 amide bonds. The van der Waals surface area contributed by atoms with E-state index in [1.165, 1.54) is 0 Å². The van der Waals surface area contributed by atoms with E-state index in [0.29, 0.717) is 11.6 Å². The molecule has 0 saturated heterocycles. The Hall–Kier alpha value is -2.11. The van der Waals surface area contributed by atoms with Crippen LogP contribution in [0.2, 0.25) is 0 Å². The molecule has 0 atom stereocenters. The third-order valence-corrected chi connectivity index (χ3v) is 2.21. The first-order valence-corrected chi connectivity index (χ1v) is 4.96.